The lowest BCUT2D eigenvalue weighted by atomic mass is 10.2. The third-order valence-electron chi connectivity index (χ3n) is 3.67. The van der Waals surface area contributed by atoms with Crippen LogP contribution in [-0.2, 0) is 9.59 Å². The highest BCUT2D eigenvalue weighted by molar-refractivity contribution is 6.23. The standard InChI is InChI=1S/C17H13FN2O4/c18-11-4-6-12(7-5-11)19-14-9-15(21)20(16(14)22)13-3-1-2-10(8-13)17(23)24/h1-8,14,19H,9H2,(H,23,24)/p-1/t14-/m1/s1. The van der Waals surface area contributed by atoms with Gasteiger partial charge in [-0.1, -0.05) is 12.1 Å². The molecule has 2 amide bonds. The van der Waals surface area contributed by atoms with Crippen LogP contribution in [0.15, 0.2) is 48.5 Å². The molecule has 1 atom stereocenters. The number of imide groups is 1. The number of aromatic carboxylic acids is 1. The maximum absolute atomic E-state index is 12.9. The predicted octanol–water partition coefficient (Wildman–Crippen LogP) is 0.933. The van der Waals surface area contributed by atoms with Crippen molar-refractivity contribution in [1.82, 2.24) is 0 Å². The molecule has 0 aliphatic carbocycles. The second-order valence-electron chi connectivity index (χ2n) is 5.31. The molecular weight excluding hydrogens is 315 g/mol. The van der Waals surface area contributed by atoms with Crippen LogP contribution in [-0.4, -0.2) is 23.8 Å². The largest absolute Gasteiger partial charge is 0.545 e. The van der Waals surface area contributed by atoms with Crippen molar-refractivity contribution in [2.75, 3.05) is 10.2 Å². The molecule has 1 saturated heterocycles. The lowest BCUT2D eigenvalue weighted by molar-refractivity contribution is -0.255. The van der Waals surface area contributed by atoms with Gasteiger partial charge in [0, 0.05) is 5.69 Å². The fourth-order valence-electron chi connectivity index (χ4n) is 2.54. The molecule has 3 rings (SSSR count). The summed E-state index contributed by atoms with van der Waals surface area (Å²) in [5, 5.41) is 13.8. The number of hydrogen-bond acceptors (Lipinski definition) is 5. The van der Waals surface area contributed by atoms with Crippen molar-refractivity contribution in [2.45, 2.75) is 12.5 Å². The second kappa shape index (κ2) is 6.11. The number of nitrogens with one attached hydrogen (secondary N) is 1. The van der Waals surface area contributed by atoms with E-state index in [1.165, 1.54) is 48.5 Å². The average molecular weight is 327 g/mol. The molecule has 2 aromatic carbocycles. The molecule has 1 N–H and O–H groups in total. The number of halogens is 1. The highest BCUT2D eigenvalue weighted by Crippen LogP contribution is 2.25. The molecule has 0 bridgehead atoms. The zero-order valence-corrected chi connectivity index (χ0v) is 12.4. The van der Waals surface area contributed by atoms with E-state index in [9.17, 15) is 23.9 Å². The van der Waals surface area contributed by atoms with E-state index in [0.717, 1.165) is 4.90 Å². The van der Waals surface area contributed by atoms with Gasteiger partial charge < -0.3 is 15.2 Å². The Kier molecular flexibility index (Phi) is 3.99. The first-order valence-electron chi connectivity index (χ1n) is 7.16. The van der Waals surface area contributed by atoms with Gasteiger partial charge in [-0.05, 0) is 42.0 Å². The second-order valence-corrected chi connectivity index (χ2v) is 5.31. The molecule has 1 aliphatic rings. The van der Waals surface area contributed by atoms with Crippen LogP contribution in [0, 0.1) is 5.82 Å². The molecule has 1 fully saturated rings. The van der Waals surface area contributed by atoms with Crippen LogP contribution in [0.4, 0.5) is 15.8 Å². The van der Waals surface area contributed by atoms with Gasteiger partial charge in [-0.3, -0.25) is 9.59 Å². The zero-order chi connectivity index (χ0) is 17.3. The number of carboxylic acid groups (broad SMARTS) is 1. The topological polar surface area (TPSA) is 89.5 Å². The molecule has 6 nitrogen and oxygen atoms in total. The Balaban J connectivity index is 1.82. The fourth-order valence-corrected chi connectivity index (χ4v) is 2.54. The highest BCUT2D eigenvalue weighted by atomic mass is 19.1. The minimum atomic E-state index is -1.39. The summed E-state index contributed by atoms with van der Waals surface area (Å²) < 4.78 is 12.9. The first-order valence-corrected chi connectivity index (χ1v) is 7.16. The van der Waals surface area contributed by atoms with Crippen LogP contribution >= 0.6 is 0 Å². The maximum Gasteiger partial charge on any atom is 0.256 e. The van der Waals surface area contributed by atoms with E-state index in [1.54, 1.807) is 0 Å². The molecule has 24 heavy (non-hydrogen) atoms. The minimum absolute atomic E-state index is 0.0776. The lowest BCUT2D eigenvalue weighted by Gasteiger charge is -2.17. The normalized spacial score (nSPS) is 17.2. The van der Waals surface area contributed by atoms with Gasteiger partial charge in [-0.15, -0.1) is 0 Å². The van der Waals surface area contributed by atoms with E-state index >= 15 is 0 Å². The van der Waals surface area contributed by atoms with Gasteiger partial charge in [0.1, 0.15) is 11.9 Å². The molecule has 0 aromatic heterocycles. The Morgan fingerprint density at radius 1 is 1.17 bits per heavy atom. The number of hydrogen-bond donors (Lipinski definition) is 1. The summed E-state index contributed by atoms with van der Waals surface area (Å²) in [6.45, 7) is 0. The minimum Gasteiger partial charge on any atom is -0.545 e. The number of benzene rings is 2. The summed E-state index contributed by atoms with van der Waals surface area (Å²) in [5.74, 6) is -2.75. The number of rotatable bonds is 4. The number of carbonyl (C=O) groups excluding carboxylic acids is 3. The first kappa shape index (κ1) is 15.7. The molecule has 1 heterocycles. The molecule has 0 spiro atoms. The fraction of sp³-hybridized carbons (Fsp3) is 0.118. The summed E-state index contributed by atoms with van der Waals surface area (Å²) >= 11 is 0. The number of carbonyl (C=O) groups is 3. The Morgan fingerprint density at radius 2 is 1.88 bits per heavy atom. The van der Waals surface area contributed by atoms with Gasteiger partial charge in [0.25, 0.3) is 5.91 Å². The summed E-state index contributed by atoms with van der Waals surface area (Å²) in [7, 11) is 0. The predicted molar refractivity (Wildman–Crippen MR) is 81.7 cm³/mol. The van der Waals surface area contributed by atoms with Crippen LogP contribution in [0.25, 0.3) is 0 Å². The zero-order valence-electron chi connectivity index (χ0n) is 12.4. The van der Waals surface area contributed by atoms with Gasteiger partial charge in [-0.2, -0.15) is 0 Å². The summed E-state index contributed by atoms with van der Waals surface area (Å²) in [4.78, 5) is 36.5. The van der Waals surface area contributed by atoms with Gasteiger partial charge in [-0.25, -0.2) is 9.29 Å². The first-order chi connectivity index (χ1) is 11.5. The van der Waals surface area contributed by atoms with E-state index in [0.29, 0.717) is 5.69 Å². The van der Waals surface area contributed by atoms with Crippen molar-refractivity contribution in [3.8, 4) is 0 Å². The third-order valence-corrected chi connectivity index (χ3v) is 3.67. The third kappa shape index (κ3) is 2.96. The molecule has 0 unspecified atom stereocenters. The van der Waals surface area contributed by atoms with Crippen LogP contribution in [0.1, 0.15) is 16.8 Å². The Morgan fingerprint density at radius 3 is 2.54 bits per heavy atom. The van der Waals surface area contributed by atoms with Crippen LogP contribution in [0.2, 0.25) is 0 Å². The summed E-state index contributed by atoms with van der Waals surface area (Å²) in [6.07, 6.45) is -0.0776. The van der Waals surface area contributed by atoms with E-state index in [2.05, 4.69) is 5.32 Å². The molecule has 1 aliphatic heterocycles. The molecule has 2 aromatic rings. The molecular formula is C17H12FN2O4-. The lowest BCUT2D eigenvalue weighted by Crippen LogP contribution is -2.35. The van der Waals surface area contributed by atoms with Gasteiger partial charge in [0.05, 0.1) is 18.1 Å². The smallest absolute Gasteiger partial charge is 0.256 e. The van der Waals surface area contributed by atoms with E-state index in [4.69, 9.17) is 0 Å². The molecule has 0 radical (unpaired) electrons. The van der Waals surface area contributed by atoms with E-state index in [1.807, 2.05) is 0 Å². The Labute approximate surface area is 136 Å². The number of anilines is 2. The van der Waals surface area contributed by atoms with Crippen molar-refractivity contribution in [1.29, 1.82) is 0 Å². The van der Waals surface area contributed by atoms with E-state index in [-0.39, 0.29) is 17.7 Å². The van der Waals surface area contributed by atoms with Crippen molar-refractivity contribution in [3.05, 3.63) is 59.9 Å². The average Bonchev–Trinajstić information content (AvgIpc) is 2.83. The van der Waals surface area contributed by atoms with Gasteiger partial charge >= 0.3 is 0 Å². The number of amides is 2. The Bertz CT molecular complexity index is 820. The van der Waals surface area contributed by atoms with Crippen molar-refractivity contribution in [3.63, 3.8) is 0 Å². The van der Waals surface area contributed by atoms with Crippen LogP contribution < -0.4 is 15.3 Å². The van der Waals surface area contributed by atoms with E-state index < -0.39 is 29.6 Å². The summed E-state index contributed by atoms with van der Waals surface area (Å²) in [5.41, 5.74) is 0.561. The van der Waals surface area contributed by atoms with Crippen LogP contribution in [0.5, 0.6) is 0 Å². The van der Waals surface area contributed by atoms with Gasteiger partial charge in [0.2, 0.25) is 5.91 Å². The van der Waals surface area contributed by atoms with Crippen molar-refractivity contribution >= 4 is 29.2 Å². The number of nitrogens with zero attached hydrogens (tertiary/aromatic N) is 1. The summed E-state index contributed by atoms with van der Waals surface area (Å²) in [6, 6.07) is 10.1. The SMILES string of the molecule is O=C([O-])c1cccc(N2C(=O)C[C@@H](Nc3ccc(F)cc3)C2=O)c1. The Hall–Kier alpha value is -3.22. The quantitative estimate of drug-likeness (QED) is 0.844. The monoisotopic (exact) mass is 327 g/mol. The maximum atomic E-state index is 12.9. The molecule has 122 valence electrons. The van der Waals surface area contributed by atoms with Crippen molar-refractivity contribution in [2.24, 2.45) is 0 Å². The highest BCUT2D eigenvalue weighted by Gasteiger charge is 2.39. The van der Waals surface area contributed by atoms with Gasteiger partial charge in [0.15, 0.2) is 0 Å². The number of carboxylic acids is 1. The molecule has 7 heteroatoms. The van der Waals surface area contributed by atoms with Crippen LogP contribution in [0.3, 0.4) is 0 Å². The molecule has 0 saturated carbocycles. The van der Waals surface area contributed by atoms with Crippen molar-refractivity contribution < 1.29 is 23.9 Å².